The molecule has 5 nitrogen and oxygen atoms in total. The van der Waals surface area contributed by atoms with Gasteiger partial charge >= 0.3 is 0 Å². The summed E-state index contributed by atoms with van der Waals surface area (Å²) < 4.78 is 0. The number of aromatic nitrogens is 2. The van der Waals surface area contributed by atoms with Crippen LogP contribution in [0.4, 0.5) is 11.6 Å². The smallest absolute Gasteiger partial charge is 0.134 e. The Morgan fingerprint density at radius 3 is 2.50 bits per heavy atom. The third-order valence-electron chi connectivity index (χ3n) is 2.52. The zero-order chi connectivity index (χ0) is 13.6. The van der Waals surface area contributed by atoms with Gasteiger partial charge in [-0.15, -0.1) is 0 Å². The van der Waals surface area contributed by atoms with Gasteiger partial charge in [-0.2, -0.15) is 11.8 Å². The Labute approximate surface area is 113 Å². The van der Waals surface area contributed by atoms with Crippen molar-refractivity contribution in [1.82, 2.24) is 9.97 Å². The molecule has 0 aliphatic carbocycles. The van der Waals surface area contributed by atoms with Crippen molar-refractivity contribution in [3.63, 3.8) is 0 Å². The number of nitrogens with one attached hydrogen (secondary N) is 2. The first-order chi connectivity index (χ1) is 8.50. The second kappa shape index (κ2) is 6.80. The van der Waals surface area contributed by atoms with Gasteiger partial charge in [-0.05, 0) is 27.0 Å². The minimum atomic E-state index is -0.741. The lowest BCUT2D eigenvalue weighted by Crippen LogP contribution is -2.36. The van der Waals surface area contributed by atoms with E-state index < -0.39 is 5.60 Å². The van der Waals surface area contributed by atoms with Gasteiger partial charge in [0.15, 0.2) is 0 Å². The Morgan fingerprint density at radius 2 is 1.94 bits per heavy atom. The van der Waals surface area contributed by atoms with Crippen LogP contribution in [0.5, 0.6) is 0 Å². The summed E-state index contributed by atoms with van der Waals surface area (Å²) in [6, 6.07) is 0. The van der Waals surface area contributed by atoms with Crippen molar-refractivity contribution in [2.24, 2.45) is 0 Å². The summed E-state index contributed by atoms with van der Waals surface area (Å²) in [5.74, 6) is 2.28. The van der Waals surface area contributed by atoms with E-state index in [0.29, 0.717) is 12.3 Å². The molecule has 1 rings (SSSR count). The van der Waals surface area contributed by atoms with Crippen LogP contribution in [0.15, 0.2) is 6.33 Å². The molecule has 1 aromatic heterocycles. The van der Waals surface area contributed by atoms with Crippen LogP contribution >= 0.6 is 11.8 Å². The largest absolute Gasteiger partial charge is 0.387 e. The minimum Gasteiger partial charge on any atom is -0.387 e. The fraction of sp³-hybridized carbons (Fsp3) is 0.667. The predicted octanol–water partition coefficient (Wildman–Crippen LogP) is 1.74. The van der Waals surface area contributed by atoms with Gasteiger partial charge in [0.25, 0.3) is 0 Å². The number of hydrogen-bond donors (Lipinski definition) is 3. The number of aliphatic hydroxyl groups is 1. The molecule has 1 atom stereocenters. The first-order valence-corrected chi connectivity index (χ1v) is 7.40. The third kappa shape index (κ3) is 4.34. The van der Waals surface area contributed by atoms with E-state index in [1.54, 1.807) is 11.8 Å². The maximum absolute atomic E-state index is 10.1. The number of thioether (sulfide) groups is 1. The number of hydrogen-bond acceptors (Lipinski definition) is 6. The van der Waals surface area contributed by atoms with Gasteiger partial charge in [0.2, 0.25) is 0 Å². The molecule has 18 heavy (non-hydrogen) atoms. The summed E-state index contributed by atoms with van der Waals surface area (Å²) in [5.41, 5.74) is 0.231. The molecular formula is C12H22N4OS. The number of nitrogens with zero attached hydrogens (tertiary/aromatic N) is 2. The van der Waals surface area contributed by atoms with Crippen molar-refractivity contribution in [2.45, 2.75) is 26.4 Å². The Balaban J connectivity index is 2.70. The molecule has 0 bridgehead atoms. The fourth-order valence-electron chi connectivity index (χ4n) is 1.61. The van der Waals surface area contributed by atoms with Crippen LogP contribution in [-0.2, 0) is 0 Å². The van der Waals surface area contributed by atoms with Crippen LogP contribution in [0.25, 0.3) is 0 Å². The van der Waals surface area contributed by atoms with E-state index in [9.17, 15) is 5.11 Å². The second-order valence-corrected chi connectivity index (χ2v) is 5.38. The molecule has 0 spiro atoms. The van der Waals surface area contributed by atoms with Crippen molar-refractivity contribution in [3.05, 3.63) is 11.9 Å². The summed E-state index contributed by atoms with van der Waals surface area (Å²) in [4.78, 5) is 8.38. The maximum Gasteiger partial charge on any atom is 0.134 e. The van der Waals surface area contributed by atoms with Crippen molar-refractivity contribution >= 4 is 23.4 Å². The molecule has 0 aliphatic heterocycles. The molecule has 0 amide bonds. The third-order valence-corrected chi connectivity index (χ3v) is 3.43. The summed E-state index contributed by atoms with van der Waals surface area (Å²) in [5, 5.41) is 16.5. The van der Waals surface area contributed by atoms with Crippen molar-refractivity contribution in [3.8, 4) is 0 Å². The van der Waals surface area contributed by atoms with Crippen LogP contribution in [-0.4, -0.2) is 45.8 Å². The first kappa shape index (κ1) is 15.0. The highest BCUT2D eigenvalue weighted by Crippen LogP contribution is 2.19. The molecule has 0 fully saturated rings. The van der Waals surface area contributed by atoms with E-state index in [-0.39, 0.29) is 0 Å². The molecule has 3 N–H and O–H groups in total. The molecule has 6 heteroatoms. The van der Waals surface area contributed by atoms with Crippen LogP contribution in [0.1, 0.15) is 19.4 Å². The summed E-state index contributed by atoms with van der Waals surface area (Å²) in [6.07, 6.45) is 3.50. The van der Waals surface area contributed by atoms with Gasteiger partial charge in [0, 0.05) is 24.4 Å². The molecule has 1 aromatic rings. The van der Waals surface area contributed by atoms with E-state index in [2.05, 4.69) is 20.6 Å². The average Bonchev–Trinajstić information content (AvgIpc) is 2.30. The lowest BCUT2D eigenvalue weighted by Gasteiger charge is -2.23. The highest BCUT2D eigenvalue weighted by Gasteiger charge is 2.20. The van der Waals surface area contributed by atoms with E-state index in [1.807, 2.05) is 27.0 Å². The number of anilines is 2. The van der Waals surface area contributed by atoms with Crippen molar-refractivity contribution < 1.29 is 5.11 Å². The highest BCUT2D eigenvalue weighted by atomic mass is 32.2. The molecule has 0 aliphatic rings. The van der Waals surface area contributed by atoms with Gasteiger partial charge < -0.3 is 15.7 Å². The quantitative estimate of drug-likeness (QED) is 0.701. The standard InChI is InChI=1S/C12H22N4OS/c1-5-13-10-9(2)11(16-8-15-10)14-6-12(3,17)7-18-4/h8,17H,5-7H2,1-4H3,(H2,13,14,15,16). The summed E-state index contributed by atoms with van der Waals surface area (Å²) in [6.45, 7) is 7.10. The molecule has 102 valence electrons. The monoisotopic (exact) mass is 270 g/mol. The predicted molar refractivity (Wildman–Crippen MR) is 78.4 cm³/mol. The van der Waals surface area contributed by atoms with Gasteiger partial charge in [-0.1, -0.05) is 0 Å². The van der Waals surface area contributed by atoms with Gasteiger partial charge in [-0.3, -0.25) is 0 Å². The minimum absolute atomic E-state index is 0.470. The Hall–Kier alpha value is -1.01. The van der Waals surface area contributed by atoms with Crippen molar-refractivity contribution in [2.75, 3.05) is 35.7 Å². The summed E-state index contributed by atoms with van der Waals surface area (Å²) in [7, 11) is 0. The SMILES string of the molecule is CCNc1ncnc(NCC(C)(O)CSC)c1C. The Morgan fingerprint density at radius 1 is 1.33 bits per heavy atom. The summed E-state index contributed by atoms with van der Waals surface area (Å²) >= 11 is 1.62. The molecule has 1 heterocycles. The lowest BCUT2D eigenvalue weighted by molar-refractivity contribution is 0.0996. The Kier molecular flexibility index (Phi) is 5.68. The zero-order valence-electron chi connectivity index (χ0n) is 11.4. The van der Waals surface area contributed by atoms with Crippen LogP contribution in [0, 0.1) is 6.92 Å². The van der Waals surface area contributed by atoms with Crippen LogP contribution in [0.2, 0.25) is 0 Å². The zero-order valence-corrected chi connectivity index (χ0v) is 12.3. The van der Waals surface area contributed by atoms with E-state index in [1.165, 1.54) is 6.33 Å². The molecule has 0 aromatic carbocycles. The van der Waals surface area contributed by atoms with Gasteiger partial charge in [0.05, 0.1) is 5.60 Å². The molecule has 0 saturated carbocycles. The van der Waals surface area contributed by atoms with Crippen LogP contribution in [0.3, 0.4) is 0 Å². The van der Waals surface area contributed by atoms with Crippen LogP contribution < -0.4 is 10.6 Å². The maximum atomic E-state index is 10.1. The molecular weight excluding hydrogens is 248 g/mol. The average molecular weight is 270 g/mol. The number of rotatable bonds is 7. The molecule has 0 saturated heterocycles. The first-order valence-electron chi connectivity index (χ1n) is 6.01. The van der Waals surface area contributed by atoms with E-state index >= 15 is 0 Å². The Bertz CT molecular complexity index is 384. The lowest BCUT2D eigenvalue weighted by atomic mass is 10.1. The topological polar surface area (TPSA) is 70.1 Å². The highest BCUT2D eigenvalue weighted by molar-refractivity contribution is 7.98. The van der Waals surface area contributed by atoms with Gasteiger partial charge in [0.1, 0.15) is 18.0 Å². The molecule has 0 radical (unpaired) electrons. The normalized spacial score (nSPS) is 14.1. The van der Waals surface area contributed by atoms with E-state index in [4.69, 9.17) is 0 Å². The fourth-order valence-corrected chi connectivity index (χ4v) is 2.33. The van der Waals surface area contributed by atoms with E-state index in [0.717, 1.165) is 23.7 Å². The molecule has 1 unspecified atom stereocenters. The van der Waals surface area contributed by atoms with Crippen molar-refractivity contribution in [1.29, 1.82) is 0 Å². The second-order valence-electron chi connectivity index (χ2n) is 4.51. The van der Waals surface area contributed by atoms with Gasteiger partial charge in [-0.25, -0.2) is 9.97 Å².